The van der Waals surface area contributed by atoms with Gasteiger partial charge in [-0.1, -0.05) is 0 Å². The Morgan fingerprint density at radius 1 is 1.30 bits per heavy atom. The maximum atomic E-state index is 5.39. The van der Waals surface area contributed by atoms with Crippen molar-refractivity contribution in [2.75, 3.05) is 13.2 Å². The second kappa shape index (κ2) is 10.9. The van der Waals surface area contributed by atoms with Gasteiger partial charge in [-0.25, -0.2) is 9.98 Å². The summed E-state index contributed by atoms with van der Waals surface area (Å²) in [7, 11) is 0. The average molecular weight is 430 g/mol. The number of furan rings is 1. The van der Waals surface area contributed by atoms with Gasteiger partial charge in [-0.05, 0) is 37.6 Å². The van der Waals surface area contributed by atoms with Crippen LogP contribution >= 0.6 is 24.0 Å². The monoisotopic (exact) mass is 430 g/mol. The summed E-state index contributed by atoms with van der Waals surface area (Å²) in [5.41, 5.74) is 1.05. The molecular weight excluding hydrogens is 407 g/mol. The molecule has 0 unspecified atom stereocenters. The summed E-state index contributed by atoms with van der Waals surface area (Å²) in [5, 5.41) is 6.44. The zero-order chi connectivity index (χ0) is 15.6. The lowest BCUT2D eigenvalue weighted by Gasteiger charge is -2.10. The normalized spacial score (nSPS) is 10.8. The number of guanidine groups is 1. The number of hydrogen-bond donors (Lipinski definition) is 2. The smallest absolute Gasteiger partial charge is 0.213 e. The first-order valence-corrected chi connectivity index (χ1v) is 7.44. The van der Waals surface area contributed by atoms with Crippen LogP contribution in [0.5, 0.6) is 5.88 Å². The molecule has 0 aliphatic heterocycles. The van der Waals surface area contributed by atoms with Gasteiger partial charge in [-0.2, -0.15) is 0 Å². The zero-order valence-corrected chi connectivity index (χ0v) is 15.7. The van der Waals surface area contributed by atoms with E-state index in [1.54, 1.807) is 12.5 Å². The van der Waals surface area contributed by atoms with Gasteiger partial charge in [-0.3, -0.25) is 0 Å². The third-order valence-electron chi connectivity index (χ3n) is 2.87. The van der Waals surface area contributed by atoms with Crippen LogP contribution in [-0.4, -0.2) is 24.1 Å². The molecule has 2 aromatic rings. The summed E-state index contributed by atoms with van der Waals surface area (Å²) >= 11 is 0. The van der Waals surface area contributed by atoms with Crippen LogP contribution in [0.4, 0.5) is 0 Å². The molecule has 0 aliphatic carbocycles. The van der Waals surface area contributed by atoms with Crippen LogP contribution in [0.25, 0.3) is 0 Å². The van der Waals surface area contributed by atoms with Crippen molar-refractivity contribution < 1.29 is 9.15 Å². The summed E-state index contributed by atoms with van der Waals surface area (Å²) in [4.78, 5) is 8.70. The van der Waals surface area contributed by atoms with Crippen LogP contribution in [0, 0.1) is 0 Å². The molecule has 2 aromatic heterocycles. The molecule has 2 heterocycles. The van der Waals surface area contributed by atoms with Gasteiger partial charge in [0.25, 0.3) is 0 Å². The molecule has 0 amide bonds. The van der Waals surface area contributed by atoms with Crippen molar-refractivity contribution in [2.45, 2.75) is 26.9 Å². The molecule has 23 heavy (non-hydrogen) atoms. The van der Waals surface area contributed by atoms with Gasteiger partial charge in [0.05, 0.1) is 26.0 Å². The Kier molecular flexibility index (Phi) is 9.11. The predicted octanol–water partition coefficient (Wildman–Crippen LogP) is 2.95. The third-order valence-corrected chi connectivity index (χ3v) is 2.87. The van der Waals surface area contributed by atoms with E-state index >= 15 is 0 Å². The van der Waals surface area contributed by atoms with Crippen molar-refractivity contribution >= 4 is 29.9 Å². The van der Waals surface area contributed by atoms with Crippen molar-refractivity contribution in [2.24, 2.45) is 4.99 Å². The van der Waals surface area contributed by atoms with Gasteiger partial charge in [0.1, 0.15) is 5.76 Å². The molecule has 0 saturated carbocycles. The molecule has 0 saturated heterocycles. The van der Waals surface area contributed by atoms with E-state index in [0.717, 1.165) is 23.8 Å². The first-order chi connectivity index (χ1) is 10.8. The number of nitrogens with one attached hydrogen (secondary N) is 2. The number of aromatic nitrogens is 1. The molecule has 2 N–H and O–H groups in total. The zero-order valence-electron chi connectivity index (χ0n) is 13.4. The van der Waals surface area contributed by atoms with Gasteiger partial charge in [-0.15, -0.1) is 24.0 Å². The van der Waals surface area contributed by atoms with Gasteiger partial charge in [0, 0.05) is 18.8 Å². The molecule has 0 spiro atoms. The standard InChI is InChI=1S/C16H22N4O2.HI/c1-3-17-16(20-12-14-6-5-9-22-14)19-11-13-7-8-18-15(10-13)21-4-2;/h5-10H,3-4,11-12H2,1-2H3,(H2,17,19,20);1H. The highest BCUT2D eigenvalue weighted by Gasteiger charge is 2.01. The minimum atomic E-state index is 0. The highest BCUT2D eigenvalue weighted by molar-refractivity contribution is 14.0. The Morgan fingerprint density at radius 2 is 2.17 bits per heavy atom. The number of aliphatic imine (C=N–C) groups is 1. The molecule has 0 aromatic carbocycles. The minimum absolute atomic E-state index is 0. The number of rotatable bonds is 7. The molecule has 0 aliphatic rings. The van der Waals surface area contributed by atoms with Crippen LogP contribution < -0.4 is 15.4 Å². The number of pyridine rings is 1. The average Bonchev–Trinajstić information content (AvgIpc) is 3.04. The molecule has 7 heteroatoms. The van der Waals surface area contributed by atoms with E-state index < -0.39 is 0 Å². The van der Waals surface area contributed by atoms with E-state index in [-0.39, 0.29) is 24.0 Å². The lowest BCUT2D eigenvalue weighted by Crippen LogP contribution is -2.36. The van der Waals surface area contributed by atoms with E-state index in [9.17, 15) is 0 Å². The molecule has 0 bridgehead atoms. The fraction of sp³-hybridized carbons (Fsp3) is 0.375. The summed E-state index contributed by atoms with van der Waals surface area (Å²) < 4.78 is 10.7. The van der Waals surface area contributed by atoms with E-state index in [2.05, 4.69) is 20.6 Å². The third kappa shape index (κ3) is 6.89. The van der Waals surface area contributed by atoms with Crippen molar-refractivity contribution in [1.82, 2.24) is 15.6 Å². The summed E-state index contributed by atoms with van der Waals surface area (Å²) in [6.45, 7) is 6.52. The van der Waals surface area contributed by atoms with Gasteiger partial charge in [0.15, 0.2) is 5.96 Å². The molecule has 2 rings (SSSR count). The van der Waals surface area contributed by atoms with Crippen molar-refractivity contribution in [3.63, 3.8) is 0 Å². The van der Waals surface area contributed by atoms with Crippen molar-refractivity contribution in [3.05, 3.63) is 48.0 Å². The number of ether oxygens (including phenoxy) is 1. The van der Waals surface area contributed by atoms with Gasteiger partial charge in [0.2, 0.25) is 5.88 Å². The first kappa shape index (κ1) is 19.3. The summed E-state index contributed by atoms with van der Waals surface area (Å²) in [6.07, 6.45) is 3.40. The summed E-state index contributed by atoms with van der Waals surface area (Å²) in [6, 6.07) is 7.63. The Bertz CT molecular complexity index is 588. The highest BCUT2D eigenvalue weighted by Crippen LogP contribution is 2.10. The van der Waals surface area contributed by atoms with E-state index in [4.69, 9.17) is 9.15 Å². The topological polar surface area (TPSA) is 71.7 Å². The molecule has 0 radical (unpaired) electrons. The number of halogens is 1. The maximum Gasteiger partial charge on any atom is 0.213 e. The van der Waals surface area contributed by atoms with Crippen LogP contribution in [0.1, 0.15) is 25.2 Å². The predicted molar refractivity (Wildman–Crippen MR) is 101 cm³/mol. The lowest BCUT2D eigenvalue weighted by molar-refractivity contribution is 0.326. The van der Waals surface area contributed by atoms with E-state index in [1.165, 1.54) is 0 Å². The lowest BCUT2D eigenvalue weighted by atomic mass is 10.3. The summed E-state index contributed by atoms with van der Waals surface area (Å²) in [5.74, 6) is 2.24. The minimum Gasteiger partial charge on any atom is -0.478 e. The van der Waals surface area contributed by atoms with Crippen LogP contribution in [-0.2, 0) is 13.1 Å². The maximum absolute atomic E-state index is 5.39. The molecule has 6 nitrogen and oxygen atoms in total. The second-order valence-corrected chi connectivity index (χ2v) is 4.56. The fourth-order valence-electron chi connectivity index (χ4n) is 1.87. The quantitative estimate of drug-likeness (QED) is 0.402. The van der Waals surface area contributed by atoms with E-state index in [1.807, 2.05) is 38.1 Å². The largest absolute Gasteiger partial charge is 0.478 e. The van der Waals surface area contributed by atoms with Crippen molar-refractivity contribution in [1.29, 1.82) is 0 Å². The second-order valence-electron chi connectivity index (χ2n) is 4.56. The fourth-order valence-corrected chi connectivity index (χ4v) is 1.87. The number of hydrogen-bond acceptors (Lipinski definition) is 4. The number of nitrogens with zero attached hydrogens (tertiary/aromatic N) is 2. The van der Waals surface area contributed by atoms with E-state index in [0.29, 0.717) is 25.6 Å². The van der Waals surface area contributed by atoms with Crippen LogP contribution in [0.15, 0.2) is 46.1 Å². The molecule has 0 fully saturated rings. The Morgan fingerprint density at radius 3 is 2.87 bits per heavy atom. The van der Waals surface area contributed by atoms with Gasteiger partial charge >= 0.3 is 0 Å². The molecule has 126 valence electrons. The Labute approximate surface area is 153 Å². The van der Waals surface area contributed by atoms with Crippen LogP contribution in [0.3, 0.4) is 0 Å². The van der Waals surface area contributed by atoms with Gasteiger partial charge < -0.3 is 19.8 Å². The molecular formula is C16H23IN4O2. The van der Waals surface area contributed by atoms with Crippen molar-refractivity contribution in [3.8, 4) is 5.88 Å². The highest BCUT2D eigenvalue weighted by atomic mass is 127. The Balaban J connectivity index is 0.00000264. The Hall–Kier alpha value is -1.77. The van der Waals surface area contributed by atoms with Crippen LogP contribution in [0.2, 0.25) is 0 Å². The molecule has 0 atom stereocenters. The SMILES string of the molecule is CCNC(=NCc1ccnc(OCC)c1)NCc1ccco1.I. The first-order valence-electron chi connectivity index (χ1n) is 7.44.